The number of carbonyl (C=O) groups is 2. The van der Waals surface area contributed by atoms with E-state index in [0.29, 0.717) is 11.3 Å². The van der Waals surface area contributed by atoms with Gasteiger partial charge in [-0.15, -0.1) is 0 Å². The lowest BCUT2D eigenvalue weighted by molar-refractivity contribution is -0.121. The summed E-state index contributed by atoms with van der Waals surface area (Å²) in [6.45, 7) is 1.85. The Labute approximate surface area is 149 Å². The van der Waals surface area contributed by atoms with Crippen molar-refractivity contribution in [3.63, 3.8) is 0 Å². The number of nitrogens with one attached hydrogen (secondary N) is 1. The number of benzene rings is 2. The molecule has 0 radical (unpaired) electrons. The number of anilines is 1. The molecule has 2 aromatic carbocycles. The van der Waals surface area contributed by atoms with Gasteiger partial charge in [-0.2, -0.15) is 0 Å². The van der Waals surface area contributed by atoms with Crippen molar-refractivity contribution in [3.05, 3.63) is 65.2 Å². The number of primary amides is 1. The predicted molar refractivity (Wildman–Crippen MR) is 94.0 cm³/mol. The fourth-order valence-electron chi connectivity index (χ4n) is 3.30. The smallest absolute Gasteiger partial charge is 0.312 e. The highest BCUT2D eigenvalue weighted by atomic mass is 19.3. The fourth-order valence-corrected chi connectivity index (χ4v) is 3.30. The van der Waals surface area contributed by atoms with Gasteiger partial charge in [-0.3, -0.25) is 4.79 Å². The zero-order valence-corrected chi connectivity index (χ0v) is 14.2. The Morgan fingerprint density at radius 2 is 1.88 bits per heavy atom. The Morgan fingerprint density at radius 1 is 1.19 bits per heavy atom. The predicted octanol–water partition coefficient (Wildman–Crippen LogP) is 3.31. The molecule has 3 rings (SSSR count). The normalized spacial score (nSPS) is 17.8. The summed E-state index contributed by atoms with van der Waals surface area (Å²) in [6, 6.07) is 11.5. The van der Waals surface area contributed by atoms with Crippen LogP contribution in [0.25, 0.3) is 0 Å². The summed E-state index contributed by atoms with van der Waals surface area (Å²) < 4.78 is 26.1. The minimum absolute atomic E-state index is 0.121. The van der Waals surface area contributed by atoms with Gasteiger partial charge in [0.05, 0.1) is 6.04 Å². The summed E-state index contributed by atoms with van der Waals surface area (Å²) in [4.78, 5) is 25.8. The summed E-state index contributed by atoms with van der Waals surface area (Å²) in [6.07, 6.45) is -2.49. The molecule has 0 saturated heterocycles. The van der Waals surface area contributed by atoms with E-state index in [1.807, 2.05) is 37.3 Å². The molecule has 26 heavy (non-hydrogen) atoms. The molecule has 0 spiro atoms. The zero-order valence-electron chi connectivity index (χ0n) is 14.2. The number of nitrogens with zero attached hydrogens (tertiary/aromatic N) is 1. The molecule has 0 bridgehead atoms. The van der Waals surface area contributed by atoms with E-state index in [4.69, 9.17) is 5.73 Å². The largest absolute Gasteiger partial charge is 0.352 e. The number of urea groups is 1. The average molecular weight is 359 g/mol. The molecule has 1 heterocycles. The first-order valence-electron chi connectivity index (χ1n) is 8.23. The van der Waals surface area contributed by atoms with Gasteiger partial charge in [-0.25, -0.2) is 13.6 Å². The van der Waals surface area contributed by atoms with Crippen LogP contribution in [0.2, 0.25) is 0 Å². The van der Waals surface area contributed by atoms with Crippen molar-refractivity contribution < 1.29 is 18.4 Å². The lowest BCUT2D eigenvalue weighted by Crippen LogP contribution is -2.54. The standard InChI is InChI=1S/C19H19F2N3O2/c1-11(12-5-3-2-4-6-12)24-16-8-7-13(17(20)21)9-14(16)10-15(18(24)25)23-19(22)26/h2-9,11,15,17H,10H2,1H3,(H3,22,23,26)/t11-,15+/m0/s1. The number of hydrogen-bond donors (Lipinski definition) is 2. The molecule has 0 aliphatic carbocycles. The summed E-state index contributed by atoms with van der Waals surface area (Å²) in [5.41, 5.74) is 7.09. The van der Waals surface area contributed by atoms with E-state index in [-0.39, 0.29) is 23.9 Å². The lowest BCUT2D eigenvalue weighted by Gasteiger charge is -2.38. The molecule has 0 saturated carbocycles. The van der Waals surface area contributed by atoms with Gasteiger partial charge in [0.2, 0.25) is 0 Å². The van der Waals surface area contributed by atoms with E-state index >= 15 is 0 Å². The van der Waals surface area contributed by atoms with Gasteiger partial charge >= 0.3 is 6.03 Å². The van der Waals surface area contributed by atoms with Gasteiger partial charge in [-0.05, 0) is 30.2 Å². The Morgan fingerprint density at radius 3 is 2.50 bits per heavy atom. The van der Waals surface area contributed by atoms with Crippen LogP contribution in [0.3, 0.4) is 0 Å². The van der Waals surface area contributed by atoms with Crippen molar-refractivity contribution in [3.8, 4) is 0 Å². The molecule has 0 unspecified atom stereocenters. The van der Waals surface area contributed by atoms with E-state index in [9.17, 15) is 18.4 Å². The maximum atomic E-state index is 13.1. The third-order valence-corrected chi connectivity index (χ3v) is 4.56. The molecule has 5 nitrogen and oxygen atoms in total. The van der Waals surface area contributed by atoms with Crippen molar-refractivity contribution in [1.82, 2.24) is 5.32 Å². The third-order valence-electron chi connectivity index (χ3n) is 4.56. The highest BCUT2D eigenvalue weighted by molar-refractivity contribution is 6.02. The Kier molecular flexibility index (Phi) is 4.88. The summed E-state index contributed by atoms with van der Waals surface area (Å²) >= 11 is 0. The lowest BCUT2D eigenvalue weighted by atomic mass is 9.92. The summed E-state index contributed by atoms with van der Waals surface area (Å²) in [5.74, 6) is -0.322. The molecule has 3 amide bonds. The van der Waals surface area contributed by atoms with Gasteiger partial charge in [0.15, 0.2) is 0 Å². The first-order valence-corrected chi connectivity index (χ1v) is 8.23. The van der Waals surface area contributed by atoms with Crippen LogP contribution >= 0.6 is 0 Å². The molecule has 2 aromatic rings. The van der Waals surface area contributed by atoms with Crippen molar-refractivity contribution in [2.45, 2.75) is 31.9 Å². The van der Waals surface area contributed by atoms with Crippen molar-refractivity contribution in [2.24, 2.45) is 5.73 Å². The van der Waals surface area contributed by atoms with Gasteiger partial charge in [-0.1, -0.05) is 36.4 Å². The van der Waals surface area contributed by atoms with Crippen LogP contribution in [-0.2, 0) is 11.2 Å². The Hall–Kier alpha value is -2.96. The number of fused-ring (bicyclic) bond motifs is 1. The third kappa shape index (κ3) is 3.37. The summed E-state index contributed by atoms with van der Waals surface area (Å²) in [5, 5.41) is 2.42. The van der Waals surface area contributed by atoms with Crippen LogP contribution in [-0.4, -0.2) is 18.0 Å². The molecule has 0 aromatic heterocycles. The van der Waals surface area contributed by atoms with Gasteiger partial charge in [0.25, 0.3) is 12.3 Å². The second-order valence-electron chi connectivity index (χ2n) is 6.25. The van der Waals surface area contributed by atoms with Crippen molar-refractivity contribution in [1.29, 1.82) is 0 Å². The second-order valence-corrected chi connectivity index (χ2v) is 6.25. The number of amides is 3. The SMILES string of the molecule is C[C@@H](c1ccccc1)N1C(=O)[C@H](NC(N)=O)Cc2cc(C(F)F)ccc21. The quantitative estimate of drug-likeness (QED) is 0.879. The first kappa shape index (κ1) is 17.8. The number of alkyl halides is 2. The first-order chi connectivity index (χ1) is 12.4. The topological polar surface area (TPSA) is 75.4 Å². The van der Waals surface area contributed by atoms with E-state index in [2.05, 4.69) is 5.32 Å². The van der Waals surface area contributed by atoms with Gasteiger partial charge in [0, 0.05) is 17.7 Å². The van der Waals surface area contributed by atoms with E-state index < -0.39 is 18.5 Å². The molecular weight excluding hydrogens is 340 g/mol. The van der Waals surface area contributed by atoms with Gasteiger partial charge < -0.3 is 16.0 Å². The zero-order chi connectivity index (χ0) is 18.8. The Balaban J connectivity index is 2.06. The molecule has 0 fully saturated rings. The minimum atomic E-state index is -2.61. The number of halogens is 2. The van der Waals surface area contributed by atoms with Crippen LogP contribution < -0.4 is 16.0 Å². The van der Waals surface area contributed by atoms with Crippen LogP contribution in [0.5, 0.6) is 0 Å². The maximum absolute atomic E-state index is 13.1. The van der Waals surface area contributed by atoms with Crippen LogP contribution in [0.4, 0.5) is 19.3 Å². The van der Waals surface area contributed by atoms with E-state index in [1.54, 1.807) is 0 Å². The average Bonchev–Trinajstić information content (AvgIpc) is 2.62. The number of nitrogens with two attached hydrogens (primary N) is 1. The van der Waals surface area contributed by atoms with Gasteiger partial charge in [0.1, 0.15) is 6.04 Å². The summed E-state index contributed by atoms with van der Waals surface area (Å²) in [7, 11) is 0. The highest BCUT2D eigenvalue weighted by Crippen LogP contribution is 2.36. The molecule has 1 aliphatic rings. The van der Waals surface area contributed by atoms with E-state index in [0.717, 1.165) is 5.56 Å². The molecule has 3 N–H and O–H groups in total. The molecule has 2 atom stereocenters. The molecule has 7 heteroatoms. The second kappa shape index (κ2) is 7.11. The van der Waals surface area contributed by atoms with Crippen molar-refractivity contribution in [2.75, 3.05) is 4.90 Å². The molecular formula is C19H19F2N3O2. The number of hydrogen-bond acceptors (Lipinski definition) is 2. The Bertz CT molecular complexity index is 827. The number of rotatable bonds is 4. The van der Waals surface area contributed by atoms with Crippen LogP contribution in [0, 0.1) is 0 Å². The highest BCUT2D eigenvalue weighted by Gasteiger charge is 2.36. The van der Waals surface area contributed by atoms with Crippen molar-refractivity contribution >= 4 is 17.6 Å². The number of carbonyl (C=O) groups excluding carboxylic acids is 2. The van der Waals surface area contributed by atoms with Crippen LogP contribution in [0.15, 0.2) is 48.5 Å². The molecule has 1 aliphatic heterocycles. The van der Waals surface area contributed by atoms with E-state index in [1.165, 1.54) is 23.1 Å². The molecule has 136 valence electrons. The fraction of sp³-hybridized carbons (Fsp3) is 0.263. The maximum Gasteiger partial charge on any atom is 0.312 e. The monoisotopic (exact) mass is 359 g/mol. The van der Waals surface area contributed by atoms with Crippen LogP contribution in [0.1, 0.15) is 36.1 Å². The minimum Gasteiger partial charge on any atom is -0.352 e.